The van der Waals surface area contributed by atoms with Crippen molar-refractivity contribution in [1.82, 2.24) is 25.4 Å². The molecule has 0 spiro atoms. The summed E-state index contributed by atoms with van der Waals surface area (Å²) in [5.41, 5.74) is 6.78. The lowest BCUT2D eigenvalue weighted by molar-refractivity contribution is 1.05. The quantitative estimate of drug-likeness (QED) is 0.523. The maximum atomic E-state index is 5.55. The van der Waals surface area contributed by atoms with Gasteiger partial charge in [-0.3, -0.25) is 10.2 Å². The summed E-state index contributed by atoms with van der Waals surface area (Å²) in [7, 11) is 0. The molecule has 2 rings (SSSR count). The Morgan fingerprint density at radius 3 is 2.73 bits per heavy atom. The third kappa shape index (κ3) is 0.841. The van der Waals surface area contributed by atoms with Crippen LogP contribution >= 0.6 is 0 Å². The van der Waals surface area contributed by atoms with E-state index in [1.807, 2.05) is 0 Å². The number of nitrogens with two attached hydrogens (primary N) is 1. The van der Waals surface area contributed by atoms with Gasteiger partial charge in [0.2, 0.25) is 0 Å². The van der Waals surface area contributed by atoms with Crippen molar-refractivity contribution in [3.05, 3.63) is 12.5 Å². The molecular weight excluding hydrogens is 144 g/mol. The van der Waals surface area contributed by atoms with E-state index in [0.717, 1.165) is 0 Å². The molecule has 0 aliphatic carbocycles. The third-order valence-electron chi connectivity index (χ3n) is 1.32. The molecule has 4 N–H and O–H groups in total. The van der Waals surface area contributed by atoms with Gasteiger partial charge < -0.3 is 5.73 Å². The van der Waals surface area contributed by atoms with Crippen LogP contribution in [0.15, 0.2) is 12.5 Å². The lowest BCUT2D eigenvalue weighted by atomic mass is 10.4. The van der Waals surface area contributed by atoms with Crippen molar-refractivity contribution >= 4 is 5.69 Å². The zero-order valence-electron chi connectivity index (χ0n) is 5.57. The summed E-state index contributed by atoms with van der Waals surface area (Å²) in [6, 6.07) is 0. The Labute approximate surface area is 61.8 Å². The number of hydrogen-bond donors (Lipinski definition) is 3. The van der Waals surface area contributed by atoms with Crippen LogP contribution in [0.1, 0.15) is 0 Å². The van der Waals surface area contributed by atoms with Crippen molar-refractivity contribution in [3.8, 4) is 11.5 Å². The SMILES string of the molecule is Nc1cn[nH]c1-c1ncn[nH]1. The maximum absolute atomic E-state index is 5.55. The molecule has 0 aliphatic rings. The molecule has 0 saturated heterocycles. The van der Waals surface area contributed by atoms with Crippen molar-refractivity contribution in [3.63, 3.8) is 0 Å². The molecule has 2 aromatic heterocycles. The van der Waals surface area contributed by atoms with E-state index < -0.39 is 0 Å². The Balaban J connectivity index is 2.53. The van der Waals surface area contributed by atoms with Crippen molar-refractivity contribution in [2.75, 3.05) is 5.73 Å². The van der Waals surface area contributed by atoms with Crippen LogP contribution in [0, 0.1) is 0 Å². The van der Waals surface area contributed by atoms with Crippen LogP contribution in [0.4, 0.5) is 5.69 Å². The van der Waals surface area contributed by atoms with E-state index >= 15 is 0 Å². The highest BCUT2D eigenvalue weighted by atomic mass is 15.2. The standard InChI is InChI=1S/C5H6N6/c6-3-1-8-10-4(3)5-7-2-9-11-5/h1-2H,6H2,(H,8,10)(H,7,9,11). The van der Waals surface area contributed by atoms with Crippen LogP contribution < -0.4 is 5.73 Å². The first-order chi connectivity index (χ1) is 5.38. The molecule has 6 heteroatoms. The second-order valence-corrected chi connectivity index (χ2v) is 2.03. The van der Waals surface area contributed by atoms with Gasteiger partial charge in [0.15, 0.2) is 5.82 Å². The number of aromatic amines is 2. The van der Waals surface area contributed by atoms with Gasteiger partial charge in [0.25, 0.3) is 0 Å². The fraction of sp³-hybridized carbons (Fsp3) is 0. The number of H-pyrrole nitrogens is 2. The molecule has 0 amide bonds. The number of nitrogen functional groups attached to an aromatic ring is 1. The molecule has 0 radical (unpaired) electrons. The first kappa shape index (κ1) is 5.90. The molecule has 2 heterocycles. The summed E-state index contributed by atoms with van der Waals surface area (Å²) in [5.74, 6) is 0.597. The van der Waals surface area contributed by atoms with Crippen LogP contribution in [0.2, 0.25) is 0 Å². The summed E-state index contributed by atoms with van der Waals surface area (Å²) in [6.07, 6.45) is 2.94. The van der Waals surface area contributed by atoms with Crippen molar-refractivity contribution < 1.29 is 0 Å². The second kappa shape index (κ2) is 2.08. The molecule has 2 aromatic rings. The smallest absolute Gasteiger partial charge is 0.175 e. The Kier molecular flexibility index (Phi) is 1.12. The number of nitrogens with one attached hydrogen (secondary N) is 2. The average molecular weight is 150 g/mol. The summed E-state index contributed by atoms with van der Waals surface area (Å²) in [4.78, 5) is 3.90. The first-order valence-corrected chi connectivity index (χ1v) is 3.02. The summed E-state index contributed by atoms with van der Waals surface area (Å²) >= 11 is 0. The fourth-order valence-corrected chi connectivity index (χ4v) is 0.811. The van der Waals surface area contributed by atoms with Crippen molar-refractivity contribution in [2.24, 2.45) is 0 Å². The van der Waals surface area contributed by atoms with Gasteiger partial charge in [0.1, 0.15) is 12.0 Å². The number of aromatic nitrogens is 5. The topological polar surface area (TPSA) is 96.3 Å². The lowest BCUT2D eigenvalue weighted by Crippen LogP contribution is -1.88. The van der Waals surface area contributed by atoms with E-state index in [4.69, 9.17) is 5.73 Å². The highest BCUT2D eigenvalue weighted by molar-refractivity contribution is 5.65. The Morgan fingerprint density at radius 2 is 2.18 bits per heavy atom. The minimum absolute atomic E-state index is 0.557. The van der Waals surface area contributed by atoms with Gasteiger partial charge in [-0.15, -0.1) is 0 Å². The summed E-state index contributed by atoms with van der Waals surface area (Å²) in [6.45, 7) is 0. The monoisotopic (exact) mass is 150 g/mol. The van der Waals surface area contributed by atoms with Crippen LogP contribution in [-0.4, -0.2) is 25.4 Å². The minimum Gasteiger partial charge on any atom is -0.396 e. The molecule has 0 fully saturated rings. The van der Waals surface area contributed by atoms with E-state index in [0.29, 0.717) is 17.2 Å². The van der Waals surface area contributed by atoms with Crippen molar-refractivity contribution in [1.29, 1.82) is 0 Å². The molecule has 0 unspecified atom stereocenters. The maximum Gasteiger partial charge on any atom is 0.175 e. The van der Waals surface area contributed by atoms with Crippen LogP contribution in [0.5, 0.6) is 0 Å². The van der Waals surface area contributed by atoms with E-state index in [9.17, 15) is 0 Å². The highest BCUT2D eigenvalue weighted by Gasteiger charge is 2.05. The van der Waals surface area contributed by atoms with Gasteiger partial charge in [0, 0.05) is 0 Å². The Morgan fingerprint density at radius 1 is 1.27 bits per heavy atom. The second-order valence-electron chi connectivity index (χ2n) is 2.03. The van der Waals surface area contributed by atoms with E-state index in [1.165, 1.54) is 12.5 Å². The minimum atomic E-state index is 0.557. The summed E-state index contributed by atoms with van der Waals surface area (Å²) in [5, 5.41) is 12.8. The lowest BCUT2D eigenvalue weighted by Gasteiger charge is -1.89. The molecule has 56 valence electrons. The fourth-order valence-electron chi connectivity index (χ4n) is 0.811. The number of rotatable bonds is 1. The molecule has 6 nitrogen and oxygen atoms in total. The van der Waals surface area contributed by atoms with E-state index in [-0.39, 0.29) is 0 Å². The number of anilines is 1. The molecule has 0 bridgehead atoms. The third-order valence-corrected chi connectivity index (χ3v) is 1.32. The molecule has 0 aromatic carbocycles. The molecule has 0 saturated carbocycles. The van der Waals surface area contributed by atoms with Crippen LogP contribution in [0.25, 0.3) is 11.5 Å². The van der Waals surface area contributed by atoms with Gasteiger partial charge >= 0.3 is 0 Å². The van der Waals surface area contributed by atoms with Crippen LogP contribution in [-0.2, 0) is 0 Å². The van der Waals surface area contributed by atoms with Gasteiger partial charge in [0.05, 0.1) is 11.9 Å². The first-order valence-electron chi connectivity index (χ1n) is 3.02. The summed E-state index contributed by atoms with van der Waals surface area (Å²) < 4.78 is 0. The zero-order valence-corrected chi connectivity index (χ0v) is 5.57. The van der Waals surface area contributed by atoms with Crippen LogP contribution in [0.3, 0.4) is 0 Å². The van der Waals surface area contributed by atoms with Gasteiger partial charge in [-0.25, -0.2) is 4.98 Å². The van der Waals surface area contributed by atoms with E-state index in [2.05, 4.69) is 25.4 Å². The molecular formula is C5H6N6. The van der Waals surface area contributed by atoms with Crippen molar-refractivity contribution in [2.45, 2.75) is 0 Å². The largest absolute Gasteiger partial charge is 0.396 e. The molecule has 11 heavy (non-hydrogen) atoms. The number of nitrogens with zero attached hydrogens (tertiary/aromatic N) is 3. The average Bonchev–Trinajstić information content (AvgIpc) is 2.55. The number of hydrogen-bond acceptors (Lipinski definition) is 4. The van der Waals surface area contributed by atoms with Gasteiger partial charge in [-0.05, 0) is 0 Å². The Hall–Kier alpha value is -1.85. The molecule has 0 aliphatic heterocycles. The predicted molar refractivity (Wildman–Crippen MR) is 38.4 cm³/mol. The van der Waals surface area contributed by atoms with E-state index in [1.54, 1.807) is 0 Å². The zero-order chi connectivity index (χ0) is 7.68. The molecule has 0 atom stereocenters. The Bertz CT molecular complexity index is 333. The predicted octanol–water partition coefficient (Wildman–Crippen LogP) is -0.223. The van der Waals surface area contributed by atoms with Gasteiger partial charge in [-0.2, -0.15) is 10.2 Å². The van der Waals surface area contributed by atoms with Gasteiger partial charge in [-0.1, -0.05) is 0 Å². The highest BCUT2D eigenvalue weighted by Crippen LogP contribution is 2.16. The normalized spacial score (nSPS) is 10.2.